The second-order valence-electron chi connectivity index (χ2n) is 7.84. The highest BCUT2D eigenvalue weighted by Gasteiger charge is 2.26. The van der Waals surface area contributed by atoms with Gasteiger partial charge in [-0.1, -0.05) is 32.9 Å². The number of benzene rings is 2. The molecule has 1 heterocycles. The van der Waals surface area contributed by atoms with Gasteiger partial charge in [0.05, 0.1) is 5.52 Å². The predicted octanol–water partition coefficient (Wildman–Crippen LogP) is 4.31. The van der Waals surface area contributed by atoms with Gasteiger partial charge in [-0.15, -0.1) is 0 Å². The van der Waals surface area contributed by atoms with Gasteiger partial charge in [0, 0.05) is 36.7 Å². The van der Waals surface area contributed by atoms with Crippen molar-refractivity contribution in [3.8, 4) is 5.75 Å². The van der Waals surface area contributed by atoms with Gasteiger partial charge in [0.2, 0.25) is 0 Å². The fraction of sp³-hybridized carbons (Fsp3) is 0.320. The van der Waals surface area contributed by atoms with Gasteiger partial charge in [-0.25, -0.2) is 0 Å². The Morgan fingerprint density at radius 2 is 1.74 bits per heavy atom. The summed E-state index contributed by atoms with van der Waals surface area (Å²) in [5.41, 5.74) is 1.72. The maximum atomic E-state index is 13.2. The molecule has 6 heteroatoms. The molecule has 0 radical (unpaired) electrons. The molecule has 1 amide bonds. The summed E-state index contributed by atoms with van der Waals surface area (Å²) < 4.78 is 1.39. The van der Waals surface area contributed by atoms with Crippen LogP contribution in [0.15, 0.2) is 47.3 Å². The lowest BCUT2D eigenvalue weighted by Gasteiger charge is -2.20. The SMILES string of the molecule is CCc1cccc2c1c(O)c(C(=O)N(C)c1ccc(C(=O)C(C)CC)cc1)c(=O)n2C. The first-order valence-corrected chi connectivity index (χ1v) is 10.5. The van der Waals surface area contributed by atoms with Crippen molar-refractivity contribution < 1.29 is 14.7 Å². The molecular formula is C25H28N2O4. The zero-order valence-corrected chi connectivity index (χ0v) is 18.6. The Balaban J connectivity index is 2.05. The van der Waals surface area contributed by atoms with E-state index in [-0.39, 0.29) is 23.0 Å². The molecule has 0 aliphatic carbocycles. The second kappa shape index (κ2) is 8.76. The van der Waals surface area contributed by atoms with Gasteiger partial charge in [0.1, 0.15) is 11.3 Å². The highest BCUT2D eigenvalue weighted by atomic mass is 16.3. The van der Waals surface area contributed by atoms with Crippen LogP contribution in [0.3, 0.4) is 0 Å². The maximum Gasteiger partial charge on any atom is 0.267 e. The van der Waals surface area contributed by atoms with E-state index in [4.69, 9.17) is 0 Å². The third-order valence-electron chi connectivity index (χ3n) is 5.98. The zero-order chi connectivity index (χ0) is 22.9. The van der Waals surface area contributed by atoms with Crippen molar-refractivity contribution in [3.05, 3.63) is 69.5 Å². The van der Waals surface area contributed by atoms with E-state index in [1.807, 2.05) is 32.9 Å². The monoisotopic (exact) mass is 420 g/mol. The first-order chi connectivity index (χ1) is 14.7. The van der Waals surface area contributed by atoms with Crippen LogP contribution >= 0.6 is 0 Å². The number of aromatic hydroxyl groups is 1. The van der Waals surface area contributed by atoms with Gasteiger partial charge in [-0.05, 0) is 48.7 Å². The number of hydrogen-bond donors (Lipinski definition) is 1. The fourth-order valence-corrected chi connectivity index (χ4v) is 3.73. The minimum absolute atomic E-state index is 0.0520. The Bertz CT molecular complexity index is 1210. The Kier molecular flexibility index (Phi) is 6.29. The number of anilines is 1. The van der Waals surface area contributed by atoms with Crippen molar-refractivity contribution in [3.63, 3.8) is 0 Å². The van der Waals surface area contributed by atoms with E-state index in [0.717, 1.165) is 12.0 Å². The summed E-state index contributed by atoms with van der Waals surface area (Å²) in [6.07, 6.45) is 1.40. The van der Waals surface area contributed by atoms with Crippen molar-refractivity contribution in [2.45, 2.75) is 33.6 Å². The molecule has 3 rings (SSSR count). The van der Waals surface area contributed by atoms with Crippen LogP contribution in [0.5, 0.6) is 5.75 Å². The van der Waals surface area contributed by atoms with Crippen LogP contribution in [-0.2, 0) is 13.5 Å². The molecule has 1 aromatic heterocycles. The minimum atomic E-state index is -0.605. The Morgan fingerprint density at radius 1 is 1.10 bits per heavy atom. The van der Waals surface area contributed by atoms with Crippen LogP contribution in [0, 0.1) is 5.92 Å². The number of Topliss-reactive ketones (excluding diaryl/α,β-unsaturated/α-hetero) is 1. The van der Waals surface area contributed by atoms with Crippen LogP contribution in [0.25, 0.3) is 10.9 Å². The first kappa shape index (κ1) is 22.3. The van der Waals surface area contributed by atoms with Gasteiger partial charge in [0.15, 0.2) is 5.78 Å². The molecule has 0 aliphatic rings. The predicted molar refractivity (Wildman–Crippen MR) is 123 cm³/mol. The highest BCUT2D eigenvalue weighted by Crippen LogP contribution is 2.31. The molecule has 0 aliphatic heterocycles. The molecular weight excluding hydrogens is 392 g/mol. The number of aromatic nitrogens is 1. The van der Waals surface area contributed by atoms with Gasteiger partial charge in [-0.3, -0.25) is 14.4 Å². The summed E-state index contributed by atoms with van der Waals surface area (Å²) in [6, 6.07) is 12.2. The molecule has 31 heavy (non-hydrogen) atoms. The van der Waals surface area contributed by atoms with Crippen molar-refractivity contribution in [1.29, 1.82) is 0 Å². The minimum Gasteiger partial charge on any atom is -0.506 e. The zero-order valence-electron chi connectivity index (χ0n) is 18.6. The first-order valence-electron chi connectivity index (χ1n) is 10.5. The summed E-state index contributed by atoms with van der Waals surface area (Å²) in [5, 5.41) is 11.4. The Morgan fingerprint density at radius 3 is 2.32 bits per heavy atom. The van der Waals surface area contributed by atoms with Gasteiger partial charge < -0.3 is 14.6 Å². The van der Waals surface area contributed by atoms with E-state index < -0.39 is 11.5 Å². The second-order valence-corrected chi connectivity index (χ2v) is 7.84. The molecule has 0 fully saturated rings. The van der Waals surface area contributed by atoms with Crippen LogP contribution < -0.4 is 10.5 Å². The summed E-state index contributed by atoms with van der Waals surface area (Å²) >= 11 is 0. The van der Waals surface area contributed by atoms with Crippen LogP contribution in [-0.4, -0.2) is 28.4 Å². The number of aryl methyl sites for hydroxylation is 2. The average Bonchev–Trinajstić information content (AvgIpc) is 2.80. The number of hydrogen-bond acceptors (Lipinski definition) is 4. The van der Waals surface area contributed by atoms with E-state index in [1.165, 1.54) is 9.47 Å². The number of pyridine rings is 1. The molecule has 2 aromatic carbocycles. The number of carbonyl (C=O) groups excluding carboxylic acids is 2. The molecule has 1 atom stereocenters. The topological polar surface area (TPSA) is 79.6 Å². The lowest BCUT2D eigenvalue weighted by Crippen LogP contribution is -2.34. The third-order valence-corrected chi connectivity index (χ3v) is 5.98. The number of nitrogens with zero attached hydrogens (tertiary/aromatic N) is 2. The van der Waals surface area contributed by atoms with Crippen molar-refractivity contribution >= 4 is 28.3 Å². The Hall–Kier alpha value is -3.41. The van der Waals surface area contributed by atoms with Crippen LogP contribution in [0.1, 0.15) is 53.5 Å². The van der Waals surface area contributed by atoms with Crippen molar-refractivity contribution in [1.82, 2.24) is 4.57 Å². The van der Waals surface area contributed by atoms with Crippen molar-refractivity contribution in [2.24, 2.45) is 13.0 Å². The van der Waals surface area contributed by atoms with E-state index in [0.29, 0.717) is 28.6 Å². The summed E-state index contributed by atoms with van der Waals surface area (Å²) in [6.45, 7) is 5.80. The van der Waals surface area contributed by atoms with Gasteiger partial charge >= 0.3 is 0 Å². The summed E-state index contributed by atoms with van der Waals surface area (Å²) in [7, 11) is 3.14. The van der Waals surface area contributed by atoms with E-state index >= 15 is 0 Å². The number of fused-ring (bicyclic) bond motifs is 1. The quantitative estimate of drug-likeness (QED) is 0.603. The van der Waals surface area contributed by atoms with E-state index in [1.54, 1.807) is 44.4 Å². The normalized spacial score (nSPS) is 12.0. The number of amides is 1. The lowest BCUT2D eigenvalue weighted by atomic mass is 9.97. The maximum absolute atomic E-state index is 13.2. The number of ketones is 1. The smallest absolute Gasteiger partial charge is 0.267 e. The summed E-state index contributed by atoms with van der Waals surface area (Å²) in [5.74, 6) is -0.922. The lowest BCUT2D eigenvalue weighted by molar-refractivity contribution is 0.0926. The summed E-state index contributed by atoms with van der Waals surface area (Å²) in [4.78, 5) is 39.9. The molecule has 1 unspecified atom stereocenters. The molecule has 0 saturated carbocycles. The number of carbonyl (C=O) groups is 2. The average molecular weight is 421 g/mol. The van der Waals surface area contributed by atoms with Crippen LogP contribution in [0.2, 0.25) is 0 Å². The molecule has 3 aromatic rings. The van der Waals surface area contributed by atoms with Crippen molar-refractivity contribution in [2.75, 3.05) is 11.9 Å². The number of rotatable bonds is 6. The van der Waals surface area contributed by atoms with Crippen LogP contribution in [0.4, 0.5) is 5.69 Å². The highest BCUT2D eigenvalue weighted by molar-refractivity contribution is 6.10. The third kappa shape index (κ3) is 3.85. The largest absolute Gasteiger partial charge is 0.506 e. The molecule has 0 spiro atoms. The Labute approximate surface area is 181 Å². The molecule has 6 nitrogen and oxygen atoms in total. The van der Waals surface area contributed by atoms with E-state index in [2.05, 4.69) is 0 Å². The van der Waals surface area contributed by atoms with E-state index in [9.17, 15) is 19.5 Å². The standard InChI is InChI=1S/C25H28N2O4/c1-6-15(3)22(28)17-11-13-18(14-12-17)26(4)24(30)21-23(29)20-16(7-2)9-8-10-19(20)27(5)25(21)31/h8-15,29H,6-7H2,1-5H3. The molecule has 1 N–H and O–H groups in total. The fourth-order valence-electron chi connectivity index (χ4n) is 3.73. The molecule has 0 bridgehead atoms. The molecule has 162 valence electrons. The van der Waals surface area contributed by atoms with Gasteiger partial charge in [0.25, 0.3) is 11.5 Å². The molecule has 0 saturated heterocycles. The van der Waals surface area contributed by atoms with Gasteiger partial charge in [-0.2, -0.15) is 0 Å².